The minimum Gasteiger partial charge on any atom is -0.459 e. The van der Waals surface area contributed by atoms with Crippen LogP contribution < -0.4 is 16.0 Å². The summed E-state index contributed by atoms with van der Waals surface area (Å²) in [6, 6.07) is 11.1. The number of nitrogens with zero attached hydrogens (tertiary/aromatic N) is 1. The highest BCUT2D eigenvalue weighted by molar-refractivity contribution is 6.02. The Morgan fingerprint density at radius 3 is 2.56 bits per heavy atom. The zero-order valence-electron chi connectivity index (χ0n) is 19.3. The van der Waals surface area contributed by atoms with Gasteiger partial charge in [-0.2, -0.15) is 0 Å². The molecule has 0 radical (unpaired) electrons. The largest absolute Gasteiger partial charge is 0.459 e. The number of hydrogen-bond acceptors (Lipinski definition) is 4. The molecule has 7 nitrogen and oxygen atoms in total. The van der Waals surface area contributed by atoms with Gasteiger partial charge < -0.3 is 25.1 Å². The van der Waals surface area contributed by atoms with Gasteiger partial charge in [-0.3, -0.25) is 4.79 Å². The van der Waals surface area contributed by atoms with E-state index >= 15 is 0 Å². The van der Waals surface area contributed by atoms with Gasteiger partial charge in [-0.05, 0) is 68.4 Å². The summed E-state index contributed by atoms with van der Waals surface area (Å²) in [4.78, 5) is 16.9. The molecule has 0 aliphatic heterocycles. The van der Waals surface area contributed by atoms with Gasteiger partial charge in [-0.15, -0.1) is 0 Å². The standard InChI is InChI=1S/C25H36N4O3/c1-3-26-24(28-19-25(13-5-6-14-25)15-17-31-4-2)27-18-20-9-11-21(12-10-20)29-23(30)22-8-7-16-32-22/h7-12,16H,3-6,13-15,17-19H2,1-2H3,(H,29,30)(H2,26,27,28). The van der Waals surface area contributed by atoms with Crippen LogP contribution in [0.2, 0.25) is 0 Å². The third-order valence-corrected chi connectivity index (χ3v) is 6.00. The number of amides is 1. The number of aliphatic imine (C=N–C) groups is 1. The Morgan fingerprint density at radius 2 is 1.91 bits per heavy atom. The van der Waals surface area contributed by atoms with Gasteiger partial charge in [0.1, 0.15) is 0 Å². The first-order chi connectivity index (χ1) is 15.6. The summed E-state index contributed by atoms with van der Waals surface area (Å²) >= 11 is 0. The van der Waals surface area contributed by atoms with Crippen molar-refractivity contribution in [3.05, 3.63) is 54.0 Å². The summed E-state index contributed by atoms with van der Waals surface area (Å²) in [6.07, 6.45) is 7.67. The van der Waals surface area contributed by atoms with Crippen molar-refractivity contribution in [3.63, 3.8) is 0 Å². The Bertz CT molecular complexity index is 841. The first kappa shape index (κ1) is 23.9. The van der Waals surface area contributed by atoms with Crippen molar-refractivity contribution in [2.45, 2.75) is 52.5 Å². The smallest absolute Gasteiger partial charge is 0.291 e. The molecule has 0 atom stereocenters. The monoisotopic (exact) mass is 440 g/mol. The zero-order valence-corrected chi connectivity index (χ0v) is 19.3. The number of benzene rings is 1. The summed E-state index contributed by atoms with van der Waals surface area (Å²) in [7, 11) is 0. The summed E-state index contributed by atoms with van der Waals surface area (Å²) in [5.74, 6) is 0.872. The molecule has 1 aromatic heterocycles. The van der Waals surface area contributed by atoms with E-state index < -0.39 is 0 Å². The minimum absolute atomic E-state index is 0.260. The fourth-order valence-corrected chi connectivity index (χ4v) is 4.15. The highest BCUT2D eigenvalue weighted by atomic mass is 16.5. The topological polar surface area (TPSA) is 87.9 Å². The number of anilines is 1. The first-order valence-corrected chi connectivity index (χ1v) is 11.7. The van der Waals surface area contributed by atoms with Crippen LogP contribution in [0.3, 0.4) is 0 Å². The van der Waals surface area contributed by atoms with Crippen molar-refractivity contribution in [2.24, 2.45) is 10.4 Å². The second-order valence-corrected chi connectivity index (χ2v) is 8.33. The van der Waals surface area contributed by atoms with Crippen molar-refractivity contribution < 1.29 is 13.9 Å². The minimum atomic E-state index is -0.260. The fraction of sp³-hybridized carbons (Fsp3) is 0.520. The van der Waals surface area contributed by atoms with Crippen LogP contribution in [0, 0.1) is 5.41 Å². The number of carbonyl (C=O) groups is 1. The molecule has 0 spiro atoms. The zero-order chi connectivity index (χ0) is 22.7. The lowest BCUT2D eigenvalue weighted by atomic mass is 9.83. The van der Waals surface area contributed by atoms with Crippen LogP contribution >= 0.6 is 0 Å². The van der Waals surface area contributed by atoms with Gasteiger partial charge in [0.25, 0.3) is 5.91 Å². The Morgan fingerprint density at radius 1 is 1.12 bits per heavy atom. The van der Waals surface area contributed by atoms with Gasteiger partial charge in [0.2, 0.25) is 0 Å². The first-order valence-electron chi connectivity index (χ1n) is 11.7. The molecule has 32 heavy (non-hydrogen) atoms. The number of rotatable bonds is 11. The number of carbonyl (C=O) groups excluding carboxylic acids is 1. The maximum atomic E-state index is 12.1. The molecule has 1 heterocycles. The van der Waals surface area contributed by atoms with Gasteiger partial charge in [0.15, 0.2) is 11.7 Å². The molecule has 1 aliphatic rings. The van der Waals surface area contributed by atoms with E-state index in [0.717, 1.165) is 49.9 Å². The highest BCUT2D eigenvalue weighted by Crippen LogP contribution is 2.40. The molecule has 1 aliphatic carbocycles. The third kappa shape index (κ3) is 7.12. The van der Waals surface area contributed by atoms with Crippen LogP contribution in [0.4, 0.5) is 5.69 Å². The molecule has 7 heteroatoms. The molecule has 1 fully saturated rings. The predicted octanol–water partition coefficient (Wildman–Crippen LogP) is 4.57. The fourth-order valence-electron chi connectivity index (χ4n) is 4.15. The average molecular weight is 441 g/mol. The third-order valence-electron chi connectivity index (χ3n) is 6.00. The number of furan rings is 1. The van der Waals surface area contributed by atoms with Crippen molar-refractivity contribution in [1.82, 2.24) is 10.6 Å². The molecule has 3 rings (SSSR count). The van der Waals surface area contributed by atoms with Gasteiger partial charge in [0, 0.05) is 32.0 Å². The van der Waals surface area contributed by atoms with E-state index in [9.17, 15) is 4.79 Å². The molecule has 1 aromatic carbocycles. The van der Waals surface area contributed by atoms with E-state index in [1.807, 2.05) is 24.3 Å². The van der Waals surface area contributed by atoms with E-state index in [4.69, 9.17) is 14.1 Å². The van der Waals surface area contributed by atoms with Crippen LogP contribution in [0.1, 0.15) is 62.1 Å². The van der Waals surface area contributed by atoms with Crippen LogP contribution in [-0.2, 0) is 11.3 Å². The SMILES string of the molecule is CCNC(=NCc1ccc(NC(=O)c2ccco2)cc1)NCC1(CCOCC)CCCC1. The highest BCUT2D eigenvalue weighted by Gasteiger charge is 2.33. The molecule has 0 unspecified atom stereocenters. The molecule has 174 valence electrons. The van der Waals surface area contributed by atoms with Crippen molar-refractivity contribution >= 4 is 17.6 Å². The Balaban J connectivity index is 1.54. The molecule has 2 aromatic rings. The van der Waals surface area contributed by atoms with Gasteiger partial charge in [0.05, 0.1) is 12.8 Å². The lowest BCUT2D eigenvalue weighted by molar-refractivity contribution is 0.0996. The Hall–Kier alpha value is -2.80. The van der Waals surface area contributed by atoms with E-state index in [1.54, 1.807) is 12.1 Å². The molecular weight excluding hydrogens is 404 g/mol. The maximum absolute atomic E-state index is 12.1. The summed E-state index contributed by atoms with van der Waals surface area (Å²) in [5.41, 5.74) is 2.10. The van der Waals surface area contributed by atoms with E-state index in [-0.39, 0.29) is 5.91 Å². The van der Waals surface area contributed by atoms with Crippen molar-refractivity contribution in [2.75, 3.05) is 31.6 Å². The second-order valence-electron chi connectivity index (χ2n) is 8.33. The number of nitrogens with one attached hydrogen (secondary N) is 3. The van der Waals surface area contributed by atoms with Crippen LogP contribution in [0.5, 0.6) is 0 Å². The van der Waals surface area contributed by atoms with E-state index in [0.29, 0.717) is 17.7 Å². The number of guanidine groups is 1. The van der Waals surface area contributed by atoms with Gasteiger partial charge in [-0.1, -0.05) is 25.0 Å². The van der Waals surface area contributed by atoms with Crippen LogP contribution in [0.25, 0.3) is 0 Å². The van der Waals surface area contributed by atoms with E-state index in [2.05, 4.69) is 29.8 Å². The molecule has 0 saturated heterocycles. The van der Waals surface area contributed by atoms with Gasteiger partial charge in [-0.25, -0.2) is 4.99 Å². The lowest BCUT2D eigenvalue weighted by Crippen LogP contribution is -2.43. The Kier molecular flexibility index (Phi) is 9.16. The number of ether oxygens (including phenoxy) is 1. The molecule has 0 bridgehead atoms. The molecule has 1 amide bonds. The molecule has 1 saturated carbocycles. The van der Waals surface area contributed by atoms with Crippen LogP contribution in [-0.4, -0.2) is 38.2 Å². The Labute approximate surface area is 191 Å². The predicted molar refractivity (Wildman–Crippen MR) is 128 cm³/mol. The maximum Gasteiger partial charge on any atom is 0.291 e. The second kappa shape index (κ2) is 12.3. The van der Waals surface area contributed by atoms with Gasteiger partial charge >= 0.3 is 0 Å². The quantitative estimate of drug-likeness (QED) is 0.271. The van der Waals surface area contributed by atoms with Crippen molar-refractivity contribution in [1.29, 1.82) is 0 Å². The normalized spacial score (nSPS) is 15.5. The molecular formula is C25H36N4O3. The average Bonchev–Trinajstić information content (AvgIpc) is 3.50. The summed E-state index contributed by atoms with van der Waals surface area (Å²) in [6.45, 7) is 8.03. The van der Waals surface area contributed by atoms with E-state index in [1.165, 1.54) is 31.9 Å². The van der Waals surface area contributed by atoms with Crippen molar-refractivity contribution in [3.8, 4) is 0 Å². The molecule has 3 N–H and O–H groups in total. The summed E-state index contributed by atoms with van der Waals surface area (Å²) in [5, 5.41) is 9.75. The lowest BCUT2D eigenvalue weighted by Gasteiger charge is -2.30. The number of hydrogen-bond donors (Lipinski definition) is 3. The van der Waals surface area contributed by atoms with Crippen LogP contribution in [0.15, 0.2) is 52.1 Å². The summed E-state index contributed by atoms with van der Waals surface area (Å²) < 4.78 is 10.8.